The van der Waals surface area contributed by atoms with Crippen LogP contribution in [0.1, 0.15) is 47.0 Å². The zero-order valence-electron chi connectivity index (χ0n) is 14.0. The number of aryl methyl sites for hydroxylation is 2. The predicted molar refractivity (Wildman–Crippen MR) is 92.8 cm³/mol. The summed E-state index contributed by atoms with van der Waals surface area (Å²) in [6.45, 7) is 6.50. The topological polar surface area (TPSA) is 51.1 Å². The Kier molecular flexibility index (Phi) is 4.34. The van der Waals surface area contributed by atoms with Gasteiger partial charge in [0.1, 0.15) is 0 Å². The molecule has 1 aliphatic carbocycles. The van der Waals surface area contributed by atoms with Crippen molar-refractivity contribution < 1.29 is 8.42 Å². The fraction of sp³-hybridized carbons (Fsp3) is 0.444. The van der Waals surface area contributed by atoms with Crippen molar-refractivity contribution in [2.45, 2.75) is 52.0 Å². The number of sulfonamides is 1. The first-order valence-electron chi connectivity index (χ1n) is 8.06. The van der Waals surface area contributed by atoms with Crippen molar-refractivity contribution in [2.75, 3.05) is 0 Å². The molecule has 3 rings (SSSR count). The molecule has 0 bridgehead atoms. The lowest BCUT2D eigenvalue weighted by Gasteiger charge is -2.09. The zero-order valence-corrected chi connectivity index (χ0v) is 14.8. The highest BCUT2D eigenvalue weighted by Crippen LogP contribution is 2.38. The molecule has 1 aromatic heterocycles. The fourth-order valence-corrected chi connectivity index (χ4v) is 4.27. The smallest absolute Gasteiger partial charge is 0.216 e. The molecule has 0 unspecified atom stereocenters. The molecular formula is C18H24N2O2S. The van der Waals surface area contributed by atoms with Gasteiger partial charge in [0.2, 0.25) is 10.0 Å². The third-order valence-electron chi connectivity index (χ3n) is 4.42. The monoisotopic (exact) mass is 332 g/mol. The summed E-state index contributed by atoms with van der Waals surface area (Å²) in [7, 11) is -3.33. The van der Waals surface area contributed by atoms with E-state index in [4.69, 9.17) is 0 Å². The summed E-state index contributed by atoms with van der Waals surface area (Å²) < 4.78 is 29.7. The first kappa shape index (κ1) is 16.3. The number of nitrogens with zero attached hydrogens (tertiary/aromatic N) is 1. The lowest BCUT2D eigenvalue weighted by Crippen LogP contribution is -2.25. The second kappa shape index (κ2) is 6.13. The Labute approximate surface area is 138 Å². The second-order valence-corrected chi connectivity index (χ2v) is 8.37. The molecule has 1 fully saturated rings. The van der Waals surface area contributed by atoms with Crippen molar-refractivity contribution in [1.82, 2.24) is 9.29 Å². The van der Waals surface area contributed by atoms with E-state index < -0.39 is 10.0 Å². The van der Waals surface area contributed by atoms with E-state index in [1.165, 1.54) is 24.2 Å². The molecule has 0 saturated heterocycles. The molecule has 23 heavy (non-hydrogen) atoms. The molecule has 0 aliphatic heterocycles. The highest BCUT2D eigenvalue weighted by molar-refractivity contribution is 7.88. The van der Waals surface area contributed by atoms with Gasteiger partial charge in [0.25, 0.3) is 0 Å². The number of benzene rings is 1. The van der Waals surface area contributed by atoms with E-state index >= 15 is 0 Å². The largest absolute Gasteiger partial charge is 0.346 e. The Bertz CT molecular complexity index is 818. The second-order valence-electron chi connectivity index (χ2n) is 6.57. The minimum Gasteiger partial charge on any atom is -0.346 e. The highest BCUT2D eigenvalue weighted by Gasteiger charge is 2.27. The third kappa shape index (κ3) is 3.85. The van der Waals surface area contributed by atoms with E-state index in [1.807, 2.05) is 31.2 Å². The summed E-state index contributed by atoms with van der Waals surface area (Å²) >= 11 is 0. The first-order chi connectivity index (χ1) is 10.9. The van der Waals surface area contributed by atoms with Crippen molar-refractivity contribution >= 4 is 10.0 Å². The molecule has 1 heterocycles. The van der Waals surface area contributed by atoms with Crippen molar-refractivity contribution in [3.8, 4) is 0 Å². The number of hydrogen-bond donors (Lipinski definition) is 1. The van der Waals surface area contributed by atoms with Crippen LogP contribution in [0.15, 0.2) is 30.3 Å². The molecule has 0 radical (unpaired) electrons. The van der Waals surface area contributed by atoms with Crippen LogP contribution in [0.4, 0.5) is 0 Å². The maximum atomic E-state index is 12.3. The van der Waals surface area contributed by atoms with Crippen LogP contribution < -0.4 is 4.72 Å². The molecule has 1 aliphatic rings. The van der Waals surface area contributed by atoms with Crippen LogP contribution in [0, 0.1) is 20.8 Å². The molecule has 0 amide bonds. The normalized spacial score (nSPS) is 15.1. The minimum atomic E-state index is -3.33. The number of aromatic nitrogens is 1. The van der Waals surface area contributed by atoms with E-state index in [0.29, 0.717) is 12.6 Å². The fourth-order valence-electron chi connectivity index (χ4n) is 3.18. The third-order valence-corrected chi connectivity index (χ3v) is 5.72. The number of rotatable bonds is 6. The highest BCUT2D eigenvalue weighted by atomic mass is 32.2. The van der Waals surface area contributed by atoms with Gasteiger partial charge >= 0.3 is 0 Å². The van der Waals surface area contributed by atoms with Crippen LogP contribution in [-0.4, -0.2) is 13.0 Å². The Morgan fingerprint density at radius 3 is 2.57 bits per heavy atom. The van der Waals surface area contributed by atoms with Crippen molar-refractivity contribution in [3.63, 3.8) is 0 Å². The zero-order chi connectivity index (χ0) is 16.6. The summed E-state index contributed by atoms with van der Waals surface area (Å²) in [6, 6.07) is 10.3. The van der Waals surface area contributed by atoms with Gasteiger partial charge in [0.05, 0.1) is 5.75 Å². The first-order valence-corrected chi connectivity index (χ1v) is 9.71. The van der Waals surface area contributed by atoms with Crippen molar-refractivity contribution in [1.29, 1.82) is 0 Å². The van der Waals surface area contributed by atoms with Crippen LogP contribution in [0.5, 0.6) is 0 Å². The minimum absolute atomic E-state index is 0.0239. The van der Waals surface area contributed by atoms with Crippen LogP contribution in [0.25, 0.3) is 0 Å². The van der Waals surface area contributed by atoms with Crippen LogP contribution in [0.2, 0.25) is 0 Å². The van der Waals surface area contributed by atoms with Gasteiger partial charge in [-0.2, -0.15) is 0 Å². The molecule has 1 saturated carbocycles. The SMILES string of the molecule is Cc1cccc(CS(=O)(=O)NCc2cc(C)n(C3CC3)c2C)c1. The van der Waals surface area contributed by atoms with E-state index in [0.717, 1.165) is 16.7 Å². The molecule has 1 aromatic carbocycles. The Hall–Kier alpha value is -1.59. The van der Waals surface area contributed by atoms with E-state index in [1.54, 1.807) is 0 Å². The molecule has 5 heteroatoms. The summed E-state index contributed by atoms with van der Waals surface area (Å²) in [5, 5.41) is 0. The Morgan fingerprint density at radius 1 is 1.17 bits per heavy atom. The predicted octanol–water partition coefficient (Wildman–Crippen LogP) is 3.37. The van der Waals surface area contributed by atoms with E-state index in [9.17, 15) is 8.42 Å². The molecule has 0 spiro atoms. The molecule has 0 atom stereocenters. The van der Waals surface area contributed by atoms with Gasteiger partial charge in [-0.05, 0) is 50.8 Å². The standard InChI is InChI=1S/C18H24N2O2S/c1-13-5-4-6-16(9-13)12-23(21,22)19-11-17-10-14(2)20(15(17)3)18-7-8-18/h4-6,9-10,18-19H,7-8,11-12H2,1-3H3. The molecule has 2 aromatic rings. The summed E-state index contributed by atoms with van der Waals surface area (Å²) in [5.41, 5.74) is 5.37. The van der Waals surface area contributed by atoms with Gasteiger partial charge in [0.15, 0.2) is 0 Å². The lowest BCUT2D eigenvalue weighted by atomic mass is 10.2. The van der Waals surface area contributed by atoms with Gasteiger partial charge in [-0.15, -0.1) is 0 Å². The quantitative estimate of drug-likeness (QED) is 0.882. The summed E-state index contributed by atoms with van der Waals surface area (Å²) in [6.07, 6.45) is 2.46. The van der Waals surface area contributed by atoms with Crippen molar-refractivity contribution in [2.24, 2.45) is 0 Å². The lowest BCUT2D eigenvalue weighted by molar-refractivity contribution is 0.580. The van der Waals surface area contributed by atoms with E-state index in [-0.39, 0.29) is 5.75 Å². The van der Waals surface area contributed by atoms with Gasteiger partial charge < -0.3 is 4.57 Å². The van der Waals surface area contributed by atoms with Gasteiger partial charge in [-0.3, -0.25) is 0 Å². The van der Waals surface area contributed by atoms with Crippen LogP contribution >= 0.6 is 0 Å². The van der Waals surface area contributed by atoms with Gasteiger partial charge in [0, 0.05) is 24.0 Å². The maximum Gasteiger partial charge on any atom is 0.216 e. The molecule has 124 valence electrons. The van der Waals surface area contributed by atoms with Crippen molar-refractivity contribution in [3.05, 3.63) is 58.4 Å². The van der Waals surface area contributed by atoms with Gasteiger partial charge in [-0.1, -0.05) is 29.8 Å². The van der Waals surface area contributed by atoms with Crippen LogP contribution in [0.3, 0.4) is 0 Å². The number of hydrogen-bond acceptors (Lipinski definition) is 2. The maximum absolute atomic E-state index is 12.3. The molecular weight excluding hydrogens is 308 g/mol. The average Bonchev–Trinajstić information content (AvgIpc) is 3.23. The Balaban J connectivity index is 1.68. The van der Waals surface area contributed by atoms with Crippen LogP contribution in [-0.2, 0) is 22.3 Å². The summed E-state index contributed by atoms with van der Waals surface area (Å²) in [5.74, 6) is 0.0239. The number of nitrogens with one attached hydrogen (secondary N) is 1. The summed E-state index contributed by atoms with van der Waals surface area (Å²) in [4.78, 5) is 0. The average molecular weight is 332 g/mol. The van der Waals surface area contributed by atoms with E-state index in [2.05, 4.69) is 29.2 Å². The van der Waals surface area contributed by atoms with Gasteiger partial charge in [-0.25, -0.2) is 13.1 Å². The molecule has 1 N–H and O–H groups in total. The molecule has 4 nitrogen and oxygen atoms in total. The Morgan fingerprint density at radius 2 is 1.91 bits per heavy atom.